The molecule has 0 atom stereocenters. The van der Waals surface area contributed by atoms with Gasteiger partial charge in [-0.15, -0.1) is 11.3 Å². The number of hydrogen-bond donors (Lipinski definition) is 2. The second kappa shape index (κ2) is 5.31. The van der Waals surface area contributed by atoms with E-state index in [2.05, 4.69) is 10.9 Å². The highest BCUT2D eigenvalue weighted by Crippen LogP contribution is 2.28. The van der Waals surface area contributed by atoms with Gasteiger partial charge in [0.25, 0.3) is 5.91 Å². The van der Waals surface area contributed by atoms with Crippen molar-refractivity contribution in [1.82, 2.24) is 10.9 Å². The molecule has 92 valence electrons. The number of carbonyl (C=O) groups is 2. The van der Waals surface area contributed by atoms with Crippen molar-refractivity contribution in [1.29, 1.82) is 0 Å². The highest BCUT2D eigenvalue weighted by molar-refractivity contribution is 7.14. The quantitative estimate of drug-likeness (QED) is 0.591. The monoisotopic (exact) mass is 252 g/mol. The lowest BCUT2D eigenvalue weighted by atomic mass is 10.1. The van der Waals surface area contributed by atoms with Crippen molar-refractivity contribution in [3.63, 3.8) is 0 Å². The molecule has 1 aromatic heterocycles. The third-order valence-electron chi connectivity index (χ3n) is 2.82. The summed E-state index contributed by atoms with van der Waals surface area (Å²) in [5, 5.41) is 0. The average Bonchev–Trinajstić information content (AvgIpc) is 2.58. The van der Waals surface area contributed by atoms with Crippen LogP contribution < -0.4 is 10.9 Å². The van der Waals surface area contributed by atoms with E-state index in [0.29, 0.717) is 4.88 Å². The van der Waals surface area contributed by atoms with Crippen LogP contribution in [0.25, 0.3) is 0 Å². The summed E-state index contributed by atoms with van der Waals surface area (Å²) in [4.78, 5) is 24.4. The zero-order valence-corrected chi connectivity index (χ0v) is 10.7. The van der Waals surface area contributed by atoms with Crippen molar-refractivity contribution in [2.24, 2.45) is 0 Å². The molecule has 0 fully saturated rings. The van der Waals surface area contributed by atoms with Crippen molar-refractivity contribution in [2.45, 2.75) is 39.0 Å². The Kier molecular flexibility index (Phi) is 3.78. The summed E-state index contributed by atoms with van der Waals surface area (Å²) in [5.74, 6) is -0.491. The van der Waals surface area contributed by atoms with Gasteiger partial charge in [0.1, 0.15) is 0 Å². The summed E-state index contributed by atoms with van der Waals surface area (Å²) in [5.41, 5.74) is 6.01. The summed E-state index contributed by atoms with van der Waals surface area (Å²) in [6.45, 7) is 1.36. The fourth-order valence-electron chi connectivity index (χ4n) is 1.99. The first-order valence-corrected chi connectivity index (χ1v) is 6.67. The van der Waals surface area contributed by atoms with E-state index in [1.807, 2.05) is 6.07 Å². The Morgan fingerprint density at radius 2 is 1.94 bits per heavy atom. The molecule has 2 rings (SSSR count). The number of hydrogen-bond acceptors (Lipinski definition) is 3. The van der Waals surface area contributed by atoms with E-state index >= 15 is 0 Å². The third-order valence-corrected chi connectivity index (χ3v) is 4.06. The van der Waals surface area contributed by atoms with Gasteiger partial charge in [0.2, 0.25) is 5.91 Å². The minimum atomic E-state index is -0.267. The Morgan fingerprint density at radius 1 is 1.18 bits per heavy atom. The van der Waals surface area contributed by atoms with Crippen LogP contribution in [0.4, 0.5) is 0 Å². The predicted octanol–water partition coefficient (Wildman–Crippen LogP) is 1.80. The van der Waals surface area contributed by atoms with Gasteiger partial charge in [-0.25, -0.2) is 0 Å². The van der Waals surface area contributed by atoms with Gasteiger partial charge in [-0.05, 0) is 37.3 Å². The molecule has 0 saturated carbocycles. The van der Waals surface area contributed by atoms with Crippen molar-refractivity contribution < 1.29 is 9.59 Å². The van der Waals surface area contributed by atoms with E-state index in [4.69, 9.17) is 0 Å². The van der Waals surface area contributed by atoms with E-state index in [0.717, 1.165) is 12.8 Å². The van der Waals surface area contributed by atoms with E-state index in [1.165, 1.54) is 36.6 Å². The molecule has 2 amide bonds. The molecule has 0 radical (unpaired) electrons. The van der Waals surface area contributed by atoms with Gasteiger partial charge < -0.3 is 0 Å². The molecule has 0 aliphatic heterocycles. The number of hydrazine groups is 1. The molecule has 0 spiro atoms. The van der Waals surface area contributed by atoms with Crippen LogP contribution in [0.3, 0.4) is 0 Å². The van der Waals surface area contributed by atoms with E-state index in [9.17, 15) is 9.59 Å². The van der Waals surface area contributed by atoms with Crippen molar-refractivity contribution in [3.05, 3.63) is 21.4 Å². The van der Waals surface area contributed by atoms with Crippen LogP contribution in [0.5, 0.6) is 0 Å². The van der Waals surface area contributed by atoms with Crippen LogP contribution in [0.15, 0.2) is 6.07 Å². The number of fused-ring (bicyclic) bond motifs is 1. The van der Waals surface area contributed by atoms with Crippen LogP contribution >= 0.6 is 11.3 Å². The number of amides is 2. The Labute approximate surface area is 104 Å². The molecule has 1 heterocycles. The highest BCUT2D eigenvalue weighted by Gasteiger charge is 2.16. The van der Waals surface area contributed by atoms with Gasteiger partial charge in [-0.2, -0.15) is 0 Å². The van der Waals surface area contributed by atoms with Gasteiger partial charge in [-0.1, -0.05) is 6.42 Å². The Bertz CT molecular complexity index is 416. The van der Waals surface area contributed by atoms with Crippen LogP contribution in [-0.4, -0.2) is 11.8 Å². The van der Waals surface area contributed by atoms with Gasteiger partial charge in [0.15, 0.2) is 0 Å². The summed E-state index contributed by atoms with van der Waals surface area (Å²) >= 11 is 1.55. The Morgan fingerprint density at radius 3 is 2.71 bits per heavy atom. The van der Waals surface area contributed by atoms with Crippen molar-refractivity contribution in [3.8, 4) is 0 Å². The number of aryl methyl sites for hydroxylation is 2. The van der Waals surface area contributed by atoms with Gasteiger partial charge in [-0.3, -0.25) is 20.4 Å². The molecule has 1 aliphatic carbocycles. The Hall–Kier alpha value is -1.36. The minimum absolute atomic E-state index is 0.224. The summed E-state index contributed by atoms with van der Waals surface area (Å²) < 4.78 is 0. The first kappa shape index (κ1) is 12.1. The number of thiophene rings is 1. The van der Waals surface area contributed by atoms with Crippen LogP contribution in [0.1, 0.15) is 46.3 Å². The average molecular weight is 252 g/mol. The van der Waals surface area contributed by atoms with E-state index in [1.54, 1.807) is 11.3 Å². The molecular formula is C12H16N2O2S. The number of rotatable bonds is 1. The molecule has 0 unspecified atom stereocenters. The van der Waals surface area contributed by atoms with Gasteiger partial charge >= 0.3 is 0 Å². The Balaban J connectivity index is 2.06. The number of carbonyl (C=O) groups excluding carboxylic acids is 2. The fourth-order valence-corrected chi connectivity index (χ4v) is 3.13. The lowest BCUT2D eigenvalue weighted by molar-refractivity contribution is -0.119. The molecule has 2 N–H and O–H groups in total. The summed E-state index contributed by atoms with van der Waals surface area (Å²) in [7, 11) is 0. The molecule has 5 heteroatoms. The largest absolute Gasteiger partial charge is 0.279 e. The minimum Gasteiger partial charge on any atom is -0.274 e. The third kappa shape index (κ3) is 3.06. The summed E-state index contributed by atoms with van der Waals surface area (Å²) in [6.07, 6.45) is 5.83. The molecule has 1 aliphatic rings. The second-order valence-corrected chi connectivity index (χ2v) is 5.39. The standard InChI is InChI=1S/C12H16N2O2S/c1-8(15)13-14-12(16)11-7-9-5-3-2-4-6-10(9)17-11/h7H,2-6H2,1H3,(H,13,15)(H,14,16). The second-order valence-electron chi connectivity index (χ2n) is 4.26. The SMILES string of the molecule is CC(=O)NNC(=O)c1cc2c(s1)CCCCC2. The molecule has 17 heavy (non-hydrogen) atoms. The topological polar surface area (TPSA) is 58.2 Å². The van der Waals surface area contributed by atoms with Gasteiger partial charge in [0, 0.05) is 11.8 Å². The molecule has 1 aromatic rings. The van der Waals surface area contributed by atoms with Gasteiger partial charge in [0.05, 0.1) is 4.88 Å². The fraction of sp³-hybridized carbons (Fsp3) is 0.500. The zero-order valence-electron chi connectivity index (χ0n) is 9.84. The molecule has 4 nitrogen and oxygen atoms in total. The first-order valence-electron chi connectivity index (χ1n) is 5.85. The van der Waals surface area contributed by atoms with Crippen LogP contribution in [0.2, 0.25) is 0 Å². The lowest BCUT2D eigenvalue weighted by Gasteiger charge is -2.02. The normalized spacial score (nSPS) is 14.6. The predicted molar refractivity (Wildman–Crippen MR) is 66.9 cm³/mol. The maximum atomic E-state index is 11.7. The van der Waals surface area contributed by atoms with E-state index < -0.39 is 0 Å². The lowest BCUT2D eigenvalue weighted by Crippen LogP contribution is -2.39. The van der Waals surface area contributed by atoms with Crippen molar-refractivity contribution >= 4 is 23.2 Å². The van der Waals surface area contributed by atoms with Crippen molar-refractivity contribution in [2.75, 3.05) is 0 Å². The maximum absolute atomic E-state index is 11.7. The molecule has 0 bridgehead atoms. The number of nitrogens with one attached hydrogen (secondary N) is 2. The zero-order chi connectivity index (χ0) is 12.3. The smallest absolute Gasteiger partial charge is 0.274 e. The maximum Gasteiger partial charge on any atom is 0.279 e. The highest BCUT2D eigenvalue weighted by atomic mass is 32.1. The van der Waals surface area contributed by atoms with Crippen LogP contribution in [-0.2, 0) is 17.6 Å². The molecule has 0 saturated heterocycles. The molecular weight excluding hydrogens is 236 g/mol. The first-order chi connectivity index (χ1) is 8.16. The molecule has 0 aromatic carbocycles. The van der Waals surface area contributed by atoms with E-state index in [-0.39, 0.29) is 11.8 Å². The van der Waals surface area contributed by atoms with Crippen LogP contribution in [0, 0.1) is 0 Å². The summed E-state index contributed by atoms with van der Waals surface area (Å²) in [6, 6.07) is 1.96.